The number of rotatable bonds is 1. The second kappa shape index (κ2) is 4.08. The maximum Gasteiger partial charge on any atom is 0.141 e. The molecule has 3 aromatic rings. The molecule has 0 unspecified atom stereocenters. The fourth-order valence-electron chi connectivity index (χ4n) is 3.21. The maximum atomic E-state index is 4.91. The maximum absolute atomic E-state index is 4.91. The minimum atomic E-state index is -0.0687. The van der Waals surface area contributed by atoms with Crippen molar-refractivity contribution in [3.05, 3.63) is 59.7 Å². The van der Waals surface area contributed by atoms with Crippen LogP contribution in [0.3, 0.4) is 0 Å². The summed E-state index contributed by atoms with van der Waals surface area (Å²) in [6.45, 7) is 6.64. The molecule has 0 N–H and O–H groups in total. The largest absolute Gasteiger partial charge is 0.314 e. The highest BCUT2D eigenvalue weighted by Crippen LogP contribution is 2.38. The number of aryl methyl sites for hydroxylation is 1. The molecular formula is C19H18N2. The van der Waals surface area contributed by atoms with Crippen LogP contribution in [0.5, 0.6) is 0 Å². The lowest BCUT2D eigenvalue weighted by Crippen LogP contribution is -2.26. The van der Waals surface area contributed by atoms with Gasteiger partial charge in [-0.3, -0.25) is 0 Å². The molecule has 1 aliphatic heterocycles. The molecule has 21 heavy (non-hydrogen) atoms. The number of benzene rings is 2. The van der Waals surface area contributed by atoms with E-state index in [1.165, 1.54) is 22.2 Å². The summed E-state index contributed by atoms with van der Waals surface area (Å²) in [4.78, 5) is 4.91. The average Bonchev–Trinajstić information content (AvgIpc) is 2.87. The molecule has 2 heterocycles. The van der Waals surface area contributed by atoms with Crippen molar-refractivity contribution in [3.63, 3.8) is 0 Å². The van der Waals surface area contributed by atoms with Crippen LogP contribution >= 0.6 is 0 Å². The predicted octanol–water partition coefficient (Wildman–Crippen LogP) is 4.77. The van der Waals surface area contributed by atoms with E-state index in [9.17, 15) is 0 Å². The smallest absolute Gasteiger partial charge is 0.141 e. The van der Waals surface area contributed by atoms with Crippen LogP contribution in [0.25, 0.3) is 28.5 Å². The Kier molecular flexibility index (Phi) is 2.41. The van der Waals surface area contributed by atoms with Gasteiger partial charge in [-0.15, -0.1) is 0 Å². The van der Waals surface area contributed by atoms with Gasteiger partial charge < -0.3 is 4.57 Å². The van der Waals surface area contributed by atoms with E-state index in [2.05, 4.69) is 73.9 Å². The van der Waals surface area contributed by atoms with Gasteiger partial charge in [-0.2, -0.15) is 0 Å². The molecule has 2 nitrogen and oxygen atoms in total. The molecule has 0 radical (unpaired) electrons. The van der Waals surface area contributed by atoms with E-state index in [-0.39, 0.29) is 5.54 Å². The summed E-state index contributed by atoms with van der Waals surface area (Å²) >= 11 is 0. The van der Waals surface area contributed by atoms with Gasteiger partial charge in [0.15, 0.2) is 0 Å². The van der Waals surface area contributed by atoms with Gasteiger partial charge >= 0.3 is 0 Å². The molecular weight excluding hydrogens is 256 g/mol. The lowest BCUT2D eigenvalue weighted by molar-refractivity contribution is 0.471. The summed E-state index contributed by atoms with van der Waals surface area (Å²) in [6, 6.07) is 14.7. The second-order valence-corrected chi connectivity index (χ2v) is 6.29. The number of hydrogen-bond acceptors (Lipinski definition) is 1. The lowest BCUT2D eigenvalue weighted by atomic mass is 9.95. The SMILES string of the molecule is Cc1ccc2nc(-c3ccccc3)n3c2c1C=CC3(C)C. The molecule has 0 bridgehead atoms. The first-order chi connectivity index (χ1) is 10.1. The average molecular weight is 274 g/mol. The van der Waals surface area contributed by atoms with Crippen molar-refractivity contribution in [1.29, 1.82) is 0 Å². The van der Waals surface area contributed by atoms with Crippen LogP contribution in [0.4, 0.5) is 0 Å². The summed E-state index contributed by atoms with van der Waals surface area (Å²) < 4.78 is 2.38. The van der Waals surface area contributed by atoms with Crippen LogP contribution in [0, 0.1) is 6.92 Å². The van der Waals surface area contributed by atoms with E-state index in [4.69, 9.17) is 4.98 Å². The second-order valence-electron chi connectivity index (χ2n) is 6.29. The minimum Gasteiger partial charge on any atom is -0.314 e. The van der Waals surface area contributed by atoms with Gasteiger partial charge in [-0.05, 0) is 32.4 Å². The van der Waals surface area contributed by atoms with Gasteiger partial charge in [0, 0.05) is 11.1 Å². The quantitative estimate of drug-likeness (QED) is 0.624. The zero-order chi connectivity index (χ0) is 14.6. The molecule has 2 heteroatoms. The van der Waals surface area contributed by atoms with E-state index in [1.807, 2.05) is 6.07 Å². The highest BCUT2D eigenvalue weighted by atomic mass is 15.1. The Labute approximate surface area is 124 Å². The minimum absolute atomic E-state index is 0.0687. The molecule has 0 atom stereocenters. The van der Waals surface area contributed by atoms with Crippen molar-refractivity contribution in [2.24, 2.45) is 0 Å². The number of imidazole rings is 1. The van der Waals surface area contributed by atoms with Crippen LogP contribution in [-0.4, -0.2) is 9.55 Å². The summed E-state index contributed by atoms with van der Waals surface area (Å²) in [5, 5.41) is 0. The summed E-state index contributed by atoms with van der Waals surface area (Å²) in [6.07, 6.45) is 4.52. The Hall–Kier alpha value is -2.35. The molecule has 4 rings (SSSR count). The molecule has 0 fully saturated rings. The molecule has 0 saturated carbocycles. The van der Waals surface area contributed by atoms with E-state index in [0.717, 1.165) is 11.3 Å². The highest BCUT2D eigenvalue weighted by molar-refractivity contribution is 5.91. The van der Waals surface area contributed by atoms with Crippen LogP contribution in [-0.2, 0) is 5.54 Å². The van der Waals surface area contributed by atoms with Crippen molar-refractivity contribution in [2.75, 3.05) is 0 Å². The standard InChI is InChI=1S/C19H18N2/c1-13-9-10-16-17-15(13)11-12-19(2,3)21(17)18(20-16)14-7-5-4-6-8-14/h4-12H,1-3H3. The molecule has 1 aliphatic rings. The van der Waals surface area contributed by atoms with Crippen LogP contribution in [0.15, 0.2) is 48.5 Å². The van der Waals surface area contributed by atoms with Crippen LogP contribution < -0.4 is 0 Å². The van der Waals surface area contributed by atoms with Crippen molar-refractivity contribution < 1.29 is 0 Å². The predicted molar refractivity (Wildman–Crippen MR) is 88.3 cm³/mol. The third-order valence-electron chi connectivity index (χ3n) is 4.34. The number of hydrogen-bond donors (Lipinski definition) is 0. The summed E-state index contributed by atoms with van der Waals surface area (Å²) in [5.41, 5.74) is 6.02. The van der Waals surface area contributed by atoms with Gasteiger partial charge in [-0.1, -0.05) is 48.6 Å². The molecule has 1 aromatic heterocycles. The Balaban J connectivity index is 2.15. The van der Waals surface area contributed by atoms with E-state index < -0.39 is 0 Å². The number of allylic oxidation sites excluding steroid dienone is 1. The summed E-state index contributed by atoms with van der Waals surface area (Å²) in [5.74, 6) is 1.05. The molecule has 104 valence electrons. The lowest BCUT2D eigenvalue weighted by Gasteiger charge is -2.30. The summed E-state index contributed by atoms with van der Waals surface area (Å²) in [7, 11) is 0. The van der Waals surface area contributed by atoms with Crippen molar-refractivity contribution in [1.82, 2.24) is 9.55 Å². The first-order valence-electron chi connectivity index (χ1n) is 7.35. The number of nitrogens with zero attached hydrogens (tertiary/aromatic N) is 2. The van der Waals surface area contributed by atoms with Crippen molar-refractivity contribution >= 4 is 17.1 Å². The van der Waals surface area contributed by atoms with Gasteiger partial charge in [0.25, 0.3) is 0 Å². The third-order valence-corrected chi connectivity index (χ3v) is 4.34. The Morgan fingerprint density at radius 2 is 1.76 bits per heavy atom. The van der Waals surface area contributed by atoms with E-state index >= 15 is 0 Å². The van der Waals surface area contributed by atoms with Crippen LogP contribution in [0.2, 0.25) is 0 Å². The zero-order valence-corrected chi connectivity index (χ0v) is 12.6. The Bertz CT molecular complexity index is 867. The molecule has 0 spiro atoms. The first-order valence-corrected chi connectivity index (χ1v) is 7.35. The molecule has 2 aromatic carbocycles. The molecule has 0 saturated heterocycles. The fourth-order valence-corrected chi connectivity index (χ4v) is 3.21. The van der Waals surface area contributed by atoms with Crippen molar-refractivity contribution in [3.8, 4) is 11.4 Å². The van der Waals surface area contributed by atoms with Crippen LogP contribution in [0.1, 0.15) is 25.0 Å². The normalized spacial score (nSPS) is 15.6. The molecule has 0 aliphatic carbocycles. The van der Waals surface area contributed by atoms with E-state index in [0.29, 0.717) is 0 Å². The van der Waals surface area contributed by atoms with Crippen molar-refractivity contribution in [2.45, 2.75) is 26.3 Å². The Morgan fingerprint density at radius 1 is 1.00 bits per heavy atom. The Morgan fingerprint density at radius 3 is 2.52 bits per heavy atom. The fraction of sp³-hybridized carbons (Fsp3) is 0.211. The van der Waals surface area contributed by atoms with E-state index in [1.54, 1.807) is 0 Å². The number of aromatic nitrogens is 2. The first kappa shape index (κ1) is 12.4. The van der Waals surface area contributed by atoms with Gasteiger partial charge in [0.2, 0.25) is 0 Å². The third kappa shape index (κ3) is 1.69. The van der Waals surface area contributed by atoms with Gasteiger partial charge in [-0.25, -0.2) is 4.98 Å². The highest BCUT2D eigenvalue weighted by Gasteiger charge is 2.28. The van der Waals surface area contributed by atoms with Gasteiger partial charge in [0.05, 0.1) is 16.6 Å². The monoisotopic (exact) mass is 274 g/mol. The topological polar surface area (TPSA) is 17.8 Å². The zero-order valence-electron chi connectivity index (χ0n) is 12.6. The molecule has 0 amide bonds. The van der Waals surface area contributed by atoms with Gasteiger partial charge in [0.1, 0.15) is 5.82 Å².